The summed E-state index contributed by atoms with van der Waals surface area (Å²) < 4.78 is 0. The van der Waals surface area contributed by atoms with Gasteiger partial charge in [0, 0.05) is 75.6 Å². The van der Waals surface area contributed by atoms with Crippen molar-refractivity contribution in [2.24, 2.45) is 0 Å². The second-order valence-corrected chi connectivity index (χ2v) is 17.5. The molecule has 8 rings (SSSR count). The Morgan fingerprint density at radius 2 is 1.11 bits per heavy atom. The molecule has 1 aliphatic heterocycles. The molecular weight excluding hydrogens is 573 g/mol. The van der Waals surface area contributed by atoms with Gasteiger partial charge in [0.2, 0.25) is 0 Å². The predicted molar refractivity (Wildman–Crippen MR) is 202 cm³/mol. The largest absolute Gasteiger partial charge is 0.369 e. The smallest absolute Gasteiger partial charge is 0.0509 e. The van der Waals surface area contributed by atoms with E-state index in [0.717, 1.165) is 26.2 Å². The number of hydrogen-bond donors (Lipinski definition) is 2. The number of benzene rings is 3. The van der Waals surface area contributed by atoms with E-state index < -0.39 is 0 Å². The van der Waals surface area contributed by atoms with Crippen molar-refractivity contribution < 1.29 is 0 Å². The maximum absolute atomic E-state index is 4.07. The van der Waals surface area contributed by atoms with Crippen LogP contribution in [0.5, 0.6) is 0 Å². The van der Waals surface area contributed by atoms with E-state index >= 15 is 0 Å². The standard InChI is InChI=1S/C43H54N4/c1-23-24(2)26(4)35-34(25(23)3)39-37(43(11,12)41(35,7)8)30-21-31-29(22-33(30)45-39)38-36(42(9,10)40(31,5)6)28-15-14-27(20-32(28)44-38)47-18-16-46(13)17-19-47/h14-15,20-22,44-45H,16-19H2,1-13H3. The number of aromatic nitrogens is 2. The first-order chi connectivity index (χ1) is 21.9. The molecule has 0 unspecified atom stereocenters. The van der Waals surface area contributed by atoms with Gasteiger partial charge >= 0.3 is 0 Å². The van der Waals surface area contributed by atoms with Crippen molar-refractivity contribution in [3.8, 4) is 22.5 Å². The average Bonchev–Trinajstić information content (AvgIpc) is 3.59. The molecule has 5 aromatic rings. The zero-order valence-corrected chi connectivity index (χ0v) is 31.1. The van der Waals surface area contributed by atoms with Crippen LogP contribution in [-0.4, -0.2) is 48.1 Å². The second kappa shape index (κ2) is 9.35. The molecule has 0 atom stereocenters. The van der Waals surface area contributed by atoms with E-state index in [1.54, 1.807) is 0 Å². The van der Waals surface area contributed by atoms with Crippen molar-refractivity contribution in [1.82, 2.24) is 14.9 Å². The Morgan fingerprint density at radius 3 is 1.79 bits per heavy atom. The average molecular weight is 627 g/mol. The fourth-order valence-corrected chi connectivity index (χ4v) is 9.78. The van der Waals surface area contributed by atoms with Gasteiger partial charge < -0.3 is 19.8 Å². The Hall–Kier alpha value is -3.50. The summed E-state index contributed by atoms with van der Waals surface area (Å²) in [6.07, 6.45) is 0. The second-order valence-electron chi connectivity index (χ2n) is 17.5. The molecule has 2 aliphatic carbocycles. The van der Waals surface area contributed by atoms with Gasteiger partial charge in [-0.3, -0.25) is 0 Å². The first-order valence-corrected chi connectivity index (χ1v) is 17.8. The first kappa shape index (κ1) is 30.8. The molecule has 0 radical (unpaired) electrons. The molecular formula is C43H54N4. The Balaban J connectivity index is 1.40. The van der Waals surface area contributed by atoms with E-state index in [-0.39, 0.29) is 21.7 Å². The van der Waals surface area contributed by atoms with Crippen LogP contribution in [0.3, 0.4) is 0 Å². The van der Waals surface area contributed by atoms with E-state index in [1.165, 1.54) is 94.5 Å². The van der Waals surface area contributed by atoms with Gasteiger partial charge in [-0.25, -0.2) is 0 Å². The third-order valence-electron chi connectivity index (χ3n) is 14.5. The lowest BCUT2D eigenvalue weighted by Crippen LogP contribution is -2.44. The van der Waals surface area contributed by atoms with E-state index in [9.17, 15) is 0 Å². The molecule has 3 aromatic carbocycles. The van der Waals surface area contributed by atoms with Crippen LogP contribution >= 0.6 is 0 Å². The third-order valence-corrected chi connectivity index (χ3v) is 14.5. The van der Waals surface area contributed by atoms with Crippen LogP contribution in [0.1, 0.15) is 99.9 Å². The summed E-state index contributed by atoms with van der Waals surface area (Å²) in [5.74, 6) is 0. The van der Waals surface area contributed by atoms with Gasteiger partial charge in [-0.05, 0) is 114 Å². The quantitative estimate of drug-likeness (QED) is 0.194. The van der Waals surface area contributed by atoms with Crippen LogP contribution in [0.4, 0.5) is 5.69 Å². The summed E-state index contributed by atoms with van der Waals surface area (Å²) >= 11 is 0. The van der Waals surface area contributed by atoms with Crippen LogP contribution in [0.2, 0.25) is 0 Å². The normalized spacial score (nSPS) is 20.7. The van der Waals surface area contributed by atoms with Gasteiger partial charge in [-0.15, -0.1) is 0 Å². The molecule has 0 bridgehead atoms. The highest BCUT2D eigenvalue weighted by Crippen LogP contribution is 2.61. The minimum atomic E-state index is -0.0780. The number of hydrogen-bond acceptors (Lipinski definition) is 2. The first-order valence-electron chi connectivity index (χ1n) is 17.8. The summed E-state index contributed by atoms with van der Waals surface area (Å²) in [7, 11) is 2.23. The number of fused-ring (bicyclic) bond motifs is 10. The number of likely N-dealkylation sites (N-methyl/N-ethyl adjacent to an activating group) is 1. The van der Waals surface area contributed by atoms with Gasteiger partial charge in [0.1, 0.15) is 0 Å². The Bertz CT molecular complexity index is 2150. The van der Waals surface area contributed by atoms with Gasteiger partial charge in [0.15, 0.2) is 0 Å². The monoisotopic (exact) mass is 626 g/mol. The molecule has 3 heterocycles. The van der Waals surface area contributed by atoms with Crippen molar-refractivity contribution in [2.45, 2.75) is 105 Å². The highest BCUT2D eigenvalue weighted by molar-refractivity contribution is 6.02. The van der Waals surface area contributed by atoms with Crippen molar-refractivity contribution in [1.29, 1.82) is 0 Å². The molecule has 4 heteroatoms. The molecule has 1 fully saturated rings. The number of anilines is 1. The minimum Gasteiger partial charge on any atom is -0.369 e. The van der Waals surface area contributed by atoms with E-state index in [0.29, 0.717) is 0 Å². The summed E-state index contributed by atoms with van der Waals surface area (Å²) in [4.78, 5) is 13.0. The fourth-order valence-electron chi connectivity index (χ4n) is 9.78. The maximum atomic E-state index is 4.07. The third kappa shape index (κ3) is 3.69. The van der Waals surface area contributed by atoms with Crippen LogP contribution in [0, 0.1) is 27.7 Å². The Morgan fingerprint density at radius 1 is 0.553 bits per heavy atom. The topological polar surface area (TPSA) is 38.1 Å². The van der Waals surface area contributed by atoms with E-state index in [2.05, 4.69) is 140 Å². The van der Waals surface area contributed by atoms with Crippen molar-refractivity contribution in [3.05, 3.63) is 74.8 Å². The summed E-state index contributed by atoms with van der Waals surface area (Å²) in [5.41, 5.74) is 20.6. The number of nitrogens with one attached hydrogen (secondary N) is 2. The molecule has 2 N–H and O–H groups in total. The molecule has 0 amide bonds. The van der Waals surface area contributed by atoms with Crippen LogP contribution < -0.4 is 4.90 Å². The van der Waals surface area contributed by atoms with Crippen LogP contribution in [0.15, 0.2) is 30.3 Å². The van der Waals surface area contributed by atoms with Crippen molar-refractivity contribution >= 4 is 27.5 Å². The molecule has 1 saturated heterocycles. The summed E-state index contributed by atoms with van der Waals surface area (Å²) in [5, 5.41) is 2.75. The molecule has 4 nitrogen and oxygen atoms in total. The van der Waals surface area contributed by atoms with Gasteiger partial charge in [0.05, 0.1) is 11.4 Å². The molecule has 47 heavy (non-hydrogen) atoms. The zero-order chi connectivity index (χ0) is 33.7. The maximum Gasteiger partial charge on any atom is 0.0509 e. The van der Waals surface area contributed by atoms with Gasteiger partial charge in [-0.1, -0.05) is 61.5 Å². The SMILES string of the molecule is Cc1c(C)c(C)c2c(c1C)-c1[nH]c3cc4c(cc3c1C(C)(C)C2(C)C)C(C)(C)C(C)(C)c1c-4[nH]c2cc(N3CCN(C)CC3)ccc12. The van der Waals surface area contributed by atoms with Gasteiger partial charge in [-0.2, -0.15) is 0 Å². The molecule has 246 valence electrons. The molecule has 2 aromatic heterocycles. The molecule has 3 aliphatic rings. The number of H-pyrrole nitrogens is 2. The highest BCUT2D eigenvalue weighted by atomic mass is 15.2. The molecule has 0 saturated carbocycles. The lowest BCUT2D eigenvalue weighted by molar-refractivity contribution is 0.298. The lowest BCUT2D eigenvalue weighted by atomic mass is 9.54. The highest BCUT2D eigenvalue weighted by Gasteiger charge is 2.51. The van der Waals surface area contributed by atoms with Crippen LogP contribution in [0.25, 0.3) is 44.3 Å². The predicted octanol–water partition coefficient (Wildman–Crippen LogP) is 10.1. The fraction of sp³-hybridized carbons (Fsp3) is 0.488. The van der Waals surface area contributed by atoms with E-state index in [1.807, 2.05) is 0 Å². The molecule has 0 spiro atoms. The van der Waals surface area contributed by atoms with Crippen molar-refractivity contribution in [3.63, 3.8) is 0 Å². The van der Waals surface area contributed by atoms with Gasteiger partial charge in [0.25, 0.3) is 0 Å². The summed E-state index contributed by atoms with van der Waals surface area (Å²) in [6, 6.07) is 12.2. The van der Waals surface area contributed by atoms with Crippen molar-refractivity contribution in [2.75, 3.05) is 38.1 Å². The Labute approximate surface area is 281 Å². The number of rotatable bonds is 1. The van der Waals surface area contributed by atoms with E-state index in [4.69, 9.17) is 0 Å². The lowest BCUT2D eigenvalue weighted by Gasteiger charge is -2.49. The minimum absolute atomic E-state index is 0.0335. The number of piperazine rings is 1. The van der Waals surface area contributed by atoms with Crippen LogP contribution in [-0.2, 0) is 21.7 Å². The Kier molecular flexibility index (Phi) is 6.13. The number of nitrogens with zero attached hydrogens (tertiary/aromatic N) is 2. The zero-order valence-electron chi connectivity index (χ0n) is 31.1. The summed E-state index contributed by atoms with van der Waals surface area (Å²) in [6.45, 7) is 33.5. The number of aromatic amines is 2.